The number of piperidine rings is 1. The fourth-order valence-electron chi connectivity index (χ4n) is 2.63. The third-order valence-corrected chi connectivity index (χ3v) is 3.88. The van der Waals surface area contributed by atoms with Crippen LogP contribution in [0, 0.1) is 6.92 Å². The van der Waals surface area contributed by atoms with Gasteiger partial charge in [-0.15, -0.1) is 10.2 Å². The number of hydrogen-bond donors (Lipinski definition) is 1. The van der Waals surface area contributed by atoms with Gasteiger partial charge in [0.25, 0.3) is 5.91 Å². The van der Waals surface area contributed by atoms with E-state index in [0.717, 1.165) is 24.9 Å². The highest BCUT2D eigenvalue weighted by Crippen LogP contribution is 2.23. The summed E-state index contributed by atoms with van der Waals surface area (Å²) in [6.45, 7) is 3.45. The molecule has 0 bridgehead atoms. The van der Waals surface area contributed by atoms with Crippen LogP contribution in [0.15, 0.2) is 24.3 Å². The molecule has 3 rings (SSSR count). The molecule has 1 amide bonds. The highest BCUT2D eigenvalue weighted by atomic mass is 16.5. The predicted octanol–water partition coefficient (Wildman–Crippen LogP) is 1.29. The Bertz CT molecular complexity index is 611. The summed E-state index contributed by atoms with van der Waals surface area (Å²) in [6.07, 6.45) is 1.91. The van der Waals surface area contributed by atoms with Crippen LogP contribution in [-0.2, 0) is 4.79 Å². The molecule has 0 saturated carbocycles. The summed E-state index contributed by atoms with van der Waals surface area (Å²) in [5.74, 6) is 1.53. The summed E-state index contributed by atoms with van der Waals surface area (Å²) in [5.41, 5.74) is 1.16. The van der Waals surface area contributed by atoms with E-state index in [1.54, 1.807) is 0 Å². The second-order valence-corrected chi connectivity index (χ2v) is 5.55. The van der Waals surface area contributed by atoms with Crippen molar-refractivity contribution in [2.24, 2.45) is 0 Å². The normalized spacial score (nSPS) is 18.2. The number of H-pyrrole nitrogens is 1. The molecule has 1 fully saturated rings. The summed E-state index contributed by atoms with van der Waals surface area (Å²) in [6, 6.07) is 7.68. The molecule has 22 heavy (non-hydrogen) atoms. The van der Waals surface area contributed by atoms with E-state index in [4.69, 9.17) is 4.74 Å². The lowest BCUT2D eigenvalue weighted by molar-refractivity contribution is -0.134. The van der Waals surface area contributed by atoms with E-state index in [1.807, 2.05) is 36.1 Å². The molecule has 1 aromatic heterocycles. The van der Waals surface area contributed by atoms with Crippen LogP contribution >= 0.6 is 0 Å². The van der Waals surface area contributed by atoms with Crippen molar-refractivity contribution in [2.75, 3.05) is 19.7 Å². The van der Waals surface area contributed by atoms with Gasteiger partial charge in [-0.2, -0.15) is 5.21 Å². The van der Waals surface area contributed by atoms with E-state index < -0.39 is 0 Å². The van der Waals surface area contributed by atoms with Gasteiger partial charge in [-0.1, -0.05) is 22.9 Å². The predicted molar refractivity (Wildman–Crippen MR) is 79.4 cm³/mol. The van der Waals surface area contributed by atoms with E-state index in [-0.39, 0.29) is 18.4 Å². The molecule has 2 heterocycles. The third kappa shape index (κ3) is 3.41. The van der Waals surface area contributed by atoms with Gasteiger partial charge in [0.2, 0.25) is 0 Å². The van der Waals surface area contributed by atoms with Crippen molar-refractivity contribution in [3.05, 3.63) is 35.7 Å². The maximum Gasteiger partial charge on any atom is 0.260 e. The molecule has 2 aromatic rings. The number of ether oxygens (including phenoxy) is 1. The standard InChI is InChI=1S/C15H19N5O2/c1-11-4-6-13(7-5-11)22-10-14(21)20-8-2-3-12(9-20)15-16-18-19-17-15/h4-7,12H,2-3,8-10H2,1H3,(H,16,17,18,19). The van der Waals surface area contributed by atoms with Gasteiger partial charge in [0.05, 0.1) is 0 Å². The average molecular weight is 301 g/mol. The van der Waals surface area contributed by atoms with Gasteiger partial charge < -0.3 is 9.64 Å². The molecular formula is C15H19N5O2. The number of aromatic amines is 1. The maximum atomic E-state index is 12.3. The van der Waals surface area contributed by atoms with Gasteiger partial charge in [0, 0.05) is 19.0 Å². The van der Waals surface area contributed by atoms with E-state index in [1.165, 1.54) is 0 Å². The van der Waals surface area contributed by atoms with Crippen LogP contribution in [0.2, 0.25) is 0 Å². The SMILES string of the molecule is Cc1ccc(OCC(=O)N2CCCC(c3nn[nH]n3)C2)cc1. The molecule has 116 valence electrons. The summed E-state index contributed by atoms with van der Waals surface area (Å²) < 4.78 is 5.56. The quantitative estimate of drug-likeness (QED) is 0.920. The Labute approximate surface area is 128 Å². The van der Waals surface area contributed by atoms with Crippen molar-refractivity contribution in [3.8, 4) is 5.75 Å². The average Bonchev–Trinajstić information content (AvgIpc) is 3.09. The van der Waals surface area contributed by atoms with Gasteiger partial charge in [-0.25, -0.2) is 0 Å². The lowest BCUT2D eigenvalue weighted by Gasteiger charge is -2.31. The van der Waals surface area contributed by atoms with E-state index in [2.05, 4.69) is 20.6 Å². The minimum absolute atomic E-state index is 0.00577. The van der Waals surface area contributed by atoms with Gasteiger partial charge >= 0.3 is 0 Å². The number of benzene rings is 1. The zero-order valence-corrected chi connectivity index (χ0v) is 12.5. The molecule has 1 aliphatic rings. The smallest absolute Gasteiger partial charge is 0.260 e. The lowest BCUT2D eigenvalue weighted by atomic mass is 9.97. The van der Waals surface area contributed by atoms with Crippen molar-refractivity contribution in [1.29, 1.82) is 0 Å². The Balaban J connectivity index is 1.54. The van der Waals surface area contributed by atoms with E-state index >= 15 is 0 Å². The Hall–Kier alpha value is -2.44. The summed E-state index contributed by atoms with van der Waals surface area (Å²) in [7, 11) is 0. The first-order valence-corrected chi connectivity index (χ1v) is 7.43. The molecule has 0 spiro atoms. The fraction of sp³-hybridized carbons (Fsp3) is 0.467. The van der Waals surface area contributed by atoms with Crippen LogP contribution in [0.4, 0.5) is 0 Å². The number of rotatable bonds is 4. The number of likely N-dealkylation sites (tertiary alicyclic amines) is 1. The lowest BCUT2D eigenvalue weighted by Crippen LogP contribution is -2.41. The topological polar surface area (TPSA) is 84.0 Å². The minimum atomic E-state index is -0.00577. The second-order valence-electron chi connectivity index (χ2n) is 5.55. The first kappa shape index (κ1) is 14.5. The Morgan fingerprint density at radius 3 is 2.95 bits per heavy atom. The molecule has 1 saturated heterocycles. The van der Waals surface area contributed by atoms with E-state index in [9.17, 15) is 4.79 Å². The molecule has 7 nitrogen and oxygen atoms in total. The summed E-state index contributed by atoms with van der Waals surface area (Å²) >= 11 is 0. The Morgan fingerprint density at radius 1 is 1.41 bits per heavy atom. The largest absolute Gasteiger partial charge is 0.484 e. The summed E-state index contributed by atoms with van der Waals surface area (Å²) in [4.78, 5) is 14.1. The number of hydrogen-bond acceptors (Lipinski definition) is 5. The van der Waals surface area contributed by atoms with Crippen molar-refractivity contribution in [1.82, 2.24) is 25.5 Å². The minimum Gasteiger partial charge on any atom is -0.484 e. The van der Waals surface area contributed by atoms with Crippen molar-refractivity contribution < 1.29 is 9.53 Å². The van der Waals surface area contributed by atoms with Crippen molar-refractivity contribution in [3.63, 3.8) is 0 Å². The number of nitrogens with one attached hydrogen (secondary N) is 1. The molecule has 7 heteroatoms. The Morgan fingerprint density at radius 2 is 2.23 bits per heavy atom. The van der Waals surface area contributed by atoms with Gasteiger partial charge in [0.1, 0.15) is 5.75 Å². The number of tetrazole rings is 1. The number of nitrogens with zero attached hydrogens (tertiary/aromatic N) is 4. The van der Waals surface area contributed by atoms with Crippen molar-refractivity contribution in [2.45, 2.75) is 25.7 Å². The summed E-state index contributed by atoms with van der Waals surface area (Å²) in [5, 5.41) is 14.1. The van der Waals surface area contributed by atoms with Crippen LogP contribution in [0.3, 0.4) is 0 Å². The fourth-order valence-corrected chi connectivity index (χ4v) is 2.63. The zero-order chi connectivity index (χ0) is 15.4. The van der Waals surface area contributed by atoms with E-state index in [0.29, 0.717) is 18.1 Å². The highest BCUT2D eigenvalue weighted by molar-refractivity contribution is 5.78. The third-order valence-electron chi connectivity index (χ3n) is 3.88. The molecule has 1 aliphatic heterocycles. The first-order valence-electron chi connectivity index (χ1n) is 7.43. The van der Waals surface area contributed by atoms with Crippen LogP contribution in [0.1, 0.15) is 30.1 Å². The second kappa shape index (κ2) is 6.55. The molecule has 0 aliphatic carbocycles. The maximum absolute atomic E-state index is 12.3. The Kier molecular flexibility index (Phi) is 4.32. The van der Waals surface area contributed by atoms with Crippen LogP contribution in [0.25, 0.3) is 0 Å². The van der Waals surface area contributed by atoms with Gasteiger partial charge in [0.15, 0.2) is 12.4 Å². The van der Waals surface area contributed by atoms with Crippen LogP contribution in [-0.4, -0.2) is 51.1 Å². The first-order chi connectivity index (χ1) is 10.7. The molecular weight excluding hydrogens is 282 g/mol. The van der Waals surface area contributed by atoms with Crippen molar-refractivity contribution >= 4 is 5.91 Å². The molecule has 1 aromatic carbocycles. The number of amides is 1. The van der Waals surface area contributed by atoms with Gasteiger partial charge in [-0.3, -0.25) is 4.79 Å². The van der Waals surface area contributed by atoms with Crippen LogP contribution in [0.5, 0.6) is 5.75 Å². The number of carbonyl (C=O) groups excluding carboxylic acids is 1. The molecule has 0 radical (unpaired) electrons. The molecule has 1 N–H and O–H groups in total. The zero-order valence-electron chi connectivity index (χ0n) is 12.5. The van der Waals surface area contributed by atoms with Crippen LogP contribution < -0.4 is 4.74 Å². The number of carbonyl (C=O) groups is 1. The monoisotopic (exact) mass is 301 g/mol. The highest BCUT2D eigenvalue weighted by Gasteiger charge is 2.27. The van der Waals surface area contributed by atoms with Gasteiger partial charge in [-0.05, 0) is 31.9 Å². The molecule has 1 atom stereocenters. The molecule has 1 unspecified atom stereocenters. The number of aromatic nitrogens is 4. The number of aryl methyl sites for hydroxylation is 1.